The summed E-state index contributed by atoms with van der Waals surface area (Å²) in [4.78, 5) is 16.0. The number of aromatic nitrogens is 1. The predicted molar refractivity (Wildman–Crippen MR) is 107 cm³/mol. The van der Waals surface area contributed by atoms with E-state index >= 15 is 0 Å². The number of benzene rings is 2. The highest BCUT2D eigenvalue weighted by Gasteiger charge is 2.22. The lowest BCUT2D eigenvalue weighted by Gasteiger charge is -2.23. The maximum Gasteiger partial charge on any atom is 0.255 e. The molecule has 3 N–H and O–H groups in total. The van der Waals surface area contributed by atoms with E-state index in [0.717, 1.165) is 37.0 Å². The van der Waals surface area contributed by atoms with Gasteiger partial charge in [-0.05, 0) is 67.8 Å². The van der Waals surface area contributed by atoms with Crippen LogP contribution in [-0.2, 0) is 12.8 Å². The van der Waals surface area contributed by atoms with E-state index in [0.29, 0.717) is 16.6 Å². The molecule has 1 heterocycles. The second-order valence-electron chi connectivity index (χ2n) is 6.80. The number of halogens is 1. The lowest BCUT2D eigenvalue weighted by atomic mass is 9.91. The third-order valence-electron chi connectivity index (χ3n) is 5.03. The Morgan fingerprint density at radius 1 is 1.27 bits per heavy atom. The molecule has 0 fully saturated rings. The quantitative estimate of drug-likeness (QED) is 0.634. The smallest absolute Gasteiger partial charge is 0.255 e. The van der Waals surface area contributed by atoms with Crippen LogP contribution in [0, 0.1) is 0 Å². The molecule has 26 heavy (non-hydrogen) atoms. The summed E-state index contributed by atoms with van der Waals surface area (Å²) in [5.41, 5.74) is 5.19. The van der Waals surface area contributed by atoms with Crippen LogP contribution in [0.1, 0.15) is 35.0 Å². The molecule has 1 aliphatic carbocycles. The van der Waals surface area contributed by atoms with Gasteiger partial charge in [0.05, 0.1) is 0 Å². The summed E-state index contributed by atoms with van der Waals surface area (Å²) in [7, 11) is 0. The van der Waals surface area contributed by atoms with Crippen LogP contribution in [0.4, 0.5) is 5.69 Å². The van der Waals surface area contributed by atoms with Gasteiger partial charge in [-0.25, -0.2) is 0 Å². The van der Waals surface area contributed by atoms with E-state index in [2.05, 4.69) is 28.6 Å². The van der Waals surface area contributed by atoms with E-state index < -0.39 is 0 Å². The fourth-order valence-corrected chi connectivity index (χ4v) is 3.98. The highest BCUT2D eigenvalue weighted by atomic mass is 35.5. The van der Waals surface area contributed by atoms with Gasteiger partial charge < -0.3 is 15.6 Å². The van der Waals surface area contributed by atoms with Crippen molar-refractivity contribution in [3.63, 3.8) is 0 Å². The third-order valence-corrected chi connectivity index (χ3v) is 5.26. The van der Waals surface area contributed by atoms with Crippen LogP contribution in [0.3, 0.4) is 0 Å². The maximum atomic E-state index is 12.5. The standard InChI is InChI=1S/C21H22ClN3O/c1-2-23-15-6-8-19-17(11-15)18-12-16(7-9-20(18)25-19)24-21(26)13-4-3-5-14(22)10-13/h3-5,7,9-10,12,15,23,25H,2,6,8,11H2,1H3,(H,24,26). The van der Waals surface area contributed by atoms with E-state index in [1.807, 2.05) is 12.1 Å². The number of hydrogen-bond donors (Lipinski definition) is 3. The normalized spacial score (nSPS) is 16.5. The molecule has 1 amide bonds. The van der Waals surface area contributed by atoms with Crippen molar-refractivity contribution in [2.45, 2.75) is 32.2 Å². The maximum absolute atomic E-state index is 12.5. The lowest BCUT2D eigenvalue weighted by molar-refractivity contribution is 0.102. The zero-order valence-electron chi connectivity index (χ0n) is 14.7. The lowest BCUT2D eigenvalue weighted by Crippen LogP contribution is -2.34. The number of fused-ring (bicyclic) bond motifs is 3. The topological polar surface area (TPSA) is 56.9 Å². The minimum atomic E-state index is -0.151. The average Bonchev–Trinajstić information content (AvgIpc) is 2.99. The molecule has 3 aromatic rings. The van der Waals surface area contributed by atoms with Crippen LogP contribution < -0.4 is 10.6 Å². The number of carbonyl (C=O) groups excluding carboxylic acids is 1. The summed E-state index contributed by atoms with van der Waals surface area (Å²) in [5.74, 6) is -0.151. The summed E-state index contributed by atoms with van der Waals surface area (Å²) in [5, 5.41) is 8.30. The average molecular weight is 368 g/mol. The zero-order valence-corrected chi connectivity index (χ0v) is 15.5. The van der Waals surface area contributed by atoms with E-state index in [1.165, 1.54) is 16.6 Å². The van der Waals surface area contributed by atoms with Crippen molar-refractivity contribution in [2.24, 2.45) is 0 Å². The Bertz CT molecular complexity index is 963. The van der Waals surface area contributed by atoms with Gasteiger partial charge in [0.1, 0.15) is 0 Å². The number of aryl methyl sites for hydroxylation is 1. The number of likely N-dealkylation sites (N-methyl/N-ethyl adjacent to an activating group) is 1. The van der Waals surface area contributed by atoms with Gasteiger partial charge in [0.15, 0.2) is 0 Å². The number of rotatable bonds is 4. The Morgan fingerprint density at radius 2 is 2.15 bits per heavy atom. The number of hydrogen-bond acceptors (Lipinski definition) is 2. The predicted octanol–water partition coefficient (Wildman–Crippen LogP) is 4.54. The van der Waals surface area contributed by atoms with Crippen LogP contribution in [0.15, 0.2) is 42.5 Å². The molecule has 1 unspecified atom stereocenters. The zero-order chi connectivity index (χ0) is 18.1. The first kappa shape index (κ1) is 17.1. The summed E-state index contributed by atoms with van der Waals surface area (Å²) < 4.78 is 0. The van der Waals surface area contributed by atoms with Crippen molar-refractivity contribution in [1.29, 1.82) is 0 Å². The van der Waals surface area contributed by atoms with Crippen molar-refractivity contribution in [2.75, 3.05) is 11.9 Å². The molecule has 4 nitrogen and oxygen atoms in total. The second-order valence-corrected chi connectivity index (χ2v) is 7.24. The van der Waals surface area contributed by atoms with E-state index in [-0.39, 0.29) is 5.91 Å². The summed E-state index contributed by atoms with van der Waals surface area (Å²) in [6, 6.07) is 13.6. The molecule has 4 rings (SSSR count). The highest BCUT2D eigenvalue weighted by molar-refractivity contribution is 6.31. The Kier molecular flexibility index (Phi) is 4.70. The van der Waals surface area contributed by atoms with E-state index in [1.54, 1.807) is 24.3 Å². The van der Waals surface area contributed by atoms with Crippen LogP contribution in [0.5, 0.6) is 0 Å². The molecule has 1 atom stereocenters. The molecule has 1 aromatic heterocycles. The highest BCUT2D eigenvalue weighted by Crippen LogP contribution is 2.31. The fraction of sp³-hybridized carbons (Fsp3) is 0.286. The van der Waals surface area contributed by atoms with Crippen molar-refractivity contribution in [3.05, 3.63) is 64.3 Å². The van der Waals surface area contributed by atoms with Crippen molar-refractivity contribution < 1.29 is 4.79 Å². The van der Waals surface area contributed by atoms with E-state index in [9.17, 15) is 4.79 Å². The molecule has 0 spiro atoms. The fourth-order valence-electron chi connectivity index (χ4n) is 3.79. The van der Waals surface area contributed by atoms with E-state index in [4.69, 9.17) is 11.6 Å². The Balaban J connectivity index is 1.61. The van der Waals surface area contributed by atoms with Crippen LogP contribution in [0.2, 0.25) is 5.02 Å². The minimum absolute atomic E-state index is 0.151. The first-order chi connectivity index (χ1) is 12.6. The summed E-state index contributed by atoms with van der Waals surface area (Å²) >= 11 is 5.98. The van der Waals surface area contributed by atoms with Crippen molar-refractivity contribution in [1.82, 2.24) is 10.3 Å². The summed E-state index contributed by atoms with van der Waals surface area (Å²) in [6.07, 6.45) is 3.24. The molecule has 0 radical (unpaired) electrons. The number of aromatic amines is 1. The third kappa shape index (κ3) is 3.35. The van der Waals surface area contributed by atoms with Gasteiger partial charge in [0.2, 0.25) is 0 Å². The summed E-state index contributed by atoms with van der Waals surface area (Å²) in [6.45, 7) is 3.14. The Morgan fingerprint density at radius 3 is 2.96 bits per heavy atom. The molecule has 1 aliphatic rings. The largest absolute Gasteiger partial charge is 0.358 e. The van der Waals surface area contributed by atoms with Crippen molar-refractivity contribution in [3.8, 4) is 0 Å². The first-order valence-corrected chi connectivity index (χ1v) is 9.45. The van der Waals surface area contributed by atoms with Gasteiger partial charge in [-0.2, -0.15) is 0 Å². The minimum Gasteiger partial charge on any atom is -0.358 e. The molecule has 5 heteroatoms. The molecule has 2 aromatic carbocycles. The Labute approximate surface area is 157 Å². The molecule has 134 valence electrons. The van der Waals surface area contributed by atoms with Crippen LogP contribution in [0.25, 0.3) is 10.9 Å². The number of nitrogens with one attached hydrogen (secondary N) is 3. The van der Waals surface area contributed by atoms with Gasteiger partial charge in [-0.1, -0.05) is 24.6 Å². The molecule has 0 saturated heterocycles. The van der Waals surface area contributed by atoms with Crippen LogP contribution in [-0.4, -0.2) is 23.5 Å². The molecular formula is C21H22ClN3O. The second kappa shape index (κ2) is 7.14. The number of amides is 1. The van der Waals surface area contributed by atoms with Crippen molar-refractivity contribution >= 4 is 34.1 Å². The van der Waals surface area contributed by atoms with Gasteiger partial charge in [-0.15, -0.1) is 0 Å². The van der Waals surface area contributed by atoms with Gasteiger partial charge in [0, 0.05) is 38.9 Å². The SMILES string of the molecule is CCNC1CCc2[nH]c3ccc(NC(=O)c4cccc(Cl)c4)cc3c2C1. The van der Waals surface area contributed by atoms with Gasteiger partial charge in [0.25, 0.3) is 5.91 Å². The molecule has 0 aliphatic heterocycles. The molecule has 0 saturated carbocycles. The monoisotopic (exact) mass is 367 g/mol. The number of anilines is 1. The van der Waals surface area contributed by atoms with Gasteiger partial charge in [-0.3, -0.25) is 4.79 Å². The van der Waals surface area contributed by atoms with Gasteiger partial charge >= 0.3 is 0 Å². The number of carbonyl (C=O) groups is 1. The Hall–Kier alpha value is -2.30. The van der Waals surface area contributed by atoms with Crippen LogP contribution >= 0.6 is 11.6 Å². The number of H-pyrrole nitrogens is 1. The molecular weight excluding hydrogens is 346 g/mol. The molecule has 0 bridgehead atoms. The first-order valence-electron chi connectivity index (χ1n) is 9.08.